The van der Waals surface area contributed by atoms with Crippen LogP contribution in [0.4, 0.5) is 5.69 Å². The highest BCUT2D eigenvalue weighted by Gasteiger charge is 2.16. The summed E-state index contributed by atoms with van der Waals surface area (Å²) in [4.78, 5) is 21.2. The van der Waals surface area contributed by atoms with Gasteiger partial charge in [0.15, 0.2) is 0 Å². The Morgan fingerprint density at radius 2 is 1.85 bits per heavy atom. The van der Waals surface area contributed by atoms with E-state index in [0.29, 0.717) is 11.4 Å². The van der Waals surface area contributed by atoms with Crippen molar-refractivity contribution in [3.8, 4) is 11.4 Å². The molecule has 34 heavy (non-hydrogen) atoms. The molecule has 0 saturated carbocycles. The normalized spacial score (nSPS) is 11.3. The molecule has 5 aromatic rings. The summed E-state index contributed by atoms with van der Waals surface area (Å²) in [6.07, 6.45) is 1.93. The Hall–Kier alpha value is -3.63. The number of pyridine rings is 1. The second kappa shape index (κ2) is 9.32. The minimum absolute atomic E-state index is 0.00762. The van der Waals surface area contributed by atoms with Crippen LogP contribution in [0.25, 0.3) is 33.2 Å². The number of carbonyl (C=O) groups excluding carboxylic acids is 1. The zero-order valence-electron chi connectivity index (χ0n) is 19.3. The Morgan fingerprint density at radius 3 is 2.74 bits per heavy atom. The molecule has 170 valence electrons. The van der Waals surface area contributed by atoms with E-state index in [1.54, 1.807) is 6.07 Å². The number of amides is 1. The van der Waals surface area contributed by atoms with Crippen molar-refractivity contribution in [3.63, 3.8) is 0 Å². The van der Waals surface area contributed by atoms with Crippen molar-refractivity contribution in [2.75, 3.05) is 5.32 Å². The Labute approximate surface area is 204 Å². The number of nitrogens with one attached hydrogen (secondary N) is 2. The van der Waals surface area contributed by atoms with E-state index in [1.165, 1.54) is 16.5 Å². The zero-order valence-corrected chi connectivity index (χ0v) is 20.0. The Balaban J connectivity index is 1.41. The predicted molar refractivity (Wildman–Crippen MR) is 142 cm³/mol. The lowest BCUT2D eigenvalue weighted by molar-refractivity contribution is -0.116. The summed E-state index contributed by atoms with van der Waals surface area (Å²) >= 11 is 6.09. The van der Waals surface area contributed by atoms with E-state index in [9.17, 15) is 4.79 Å². The van der Waals surface area contributed by atoms with Crippen LogP contribution in [-0.2, 0) is 11.2 Å². The van der Waals surface area contributed by atoms with Crippen molar-refractivity contribution in [2.45, 2.75) is 33.1 Å². The summed E-state index contributed by atoms with van der Waals surface area (Å²) in [5.41, 5.74) is 8.17. The molecule has 3 aromatic carbocycles. The van der Waals surface area contributed by atoms with Crippen LogP contribution in [0.2, 0.25) is 5.02 Å². The number of aryl methyl sites for hydroxylation is 3. The van der Waals surface area contributed by atoms with Crippen molar-refractivity contribution in [3.05, 3.63) is 94.5 Å². The molecule has 2 aromatic heterocycles. The van der Waals surface area contributed by atoms with Gasteiger partial charge in [-0.25, -0.2) is 4.98 Å². The lowest BCUT2D eigenvalue weighted by atomic mass is 10.0. The van der Waals surface area contributed by atoms with Crippen LogP contribution in [0, 0.1) is 13.8 Å². The van der Waals surface area contributed by atoms with Crippen LogP contribution in [0.5, 0.6) is 0 Å². The maximum atomic E-state index is 12.6. The van der Waals surface area contributed by atoms with E-state index in [2.05, 4.69) is 53.6 Å². The molecule has 5 heteroatoms. The molecule has 0 fully saturated rings. The highest BCUT2D eigenvalue weighted by molar-refractivity contribution is 6.31. The monoisotopic (exact) mass is 467 g/mol. The molecule has 0 atom stereocenters. The second-order valence-corrected chi connectivity index (χ2v) is 9.21. The first-order chi connectivity index (χ1) is 16.5. The number of hydrogen-bond acceptors (Lipinski definition) is 2. The van der Waals surface area contributed by atoms with Gasteiger partial charge in [-0.3, -0.25) is 4.79 Å². The molecule has 0 aliphatic heterocycles. The van der Waals surface area contributed by atoms with Crippen molar-refractivity contribution in [1.82, 2.24) is 9.97 Å². The van der Waals surface area contributed by atoms with Gasteiger partial charge >= 0.3 is 0 Å². The number of aromatic nitrogens is 2. The quantitative estimate of drug-likeness (QED) is 0.270. The fourth-order valence-electron chi connectivity index (χ4n) is 4.41. The summed E-state index contributed by atoms with van der Waals surface area (Å²) in [6.45, 7) is 4.06. The van der Waals surface area contributed by atoms with E-state index in [4.69, 9.17) is 16.6 Å². The minimum atomic E-state index is -0.00762. The topological polar surface area (TPSA) is 57.8 Å². The average Bonchev–Trinajstić information content (AvgIpc) is 3.19. The van der Waals surface area contributed by atoms with E-state index in [0.717, 1.165) is 51.9 Å². The maximum absolute atomic E-state index is 12.6. The van der Waals surface area contributed by atoms with E-state index in [-0.39, 0.29) is 5.91 Å². The standard InChI is InChI=1S/C29H26ClN3O/c1-18-10-14-25-23(16-18)22(7-5-9-28(34)32-27-17-21(30)13-11-19(27)2)29(33-25)26-15-12-20-6-3-4-8-24(20)31-26/h3-4,6,8,10-17,33H,5,7,9H2,1-2H3,(H,32,34). The number of rotatable bonds is 6. The SMILES string of the molecule is Cc1ccc2[nH]c(-c3ccc4ccccc4n3)c(CCCC(=O)Nc3cc(Cl)ccc3C)c2c1. The van der Waals surface area contributed by atoms with Crippen LogP contribution >= 0.6 is 11.6 Å². The van der Waals surface area contributed by atoms with Gasteiger partial charge in [-0.15, -0.1) is 0 Å². The van der Waals surface area contributed by atoms with Crippen molar-refractivity contribution < 1.29 is 4.79 Å². The molecular formula is C29H26ClN3O. The fraction of sp³-hybridized carbons (Fsp3) is 0.172. The molecule has 0 radical (unpaired) electrons. The van der Waals surface area contributed by atoms with Gasteiger partial charge in [0.2, 0.25) is 5.91 Å². The first kappa shape index (κ1) is 22.2. The molecule has 0 bridgehead atoms. The second-order valence-electron chi connectivity index (χ2n) is 8.78. The van der Waals surface area contributed by atoms with Crippen LogP contribution in [0.3, 0.4) is 0 Å². The number of anilines is 1. The molecule has 0 aliphatic rings. The van der Waals surface area contributed by atoms with E-state index < -0.39 is 0 Å². The number of para-hydroxylation sites is 1. The highest BCUT2D eigenvalue weighted by Crippen LogP contribution is 2.32. The molecule has 0 aliphatic carbocycles. The fourth-order valence-corrected chi connectivity index (χ4v) is 4.58. The summed E-state index contributed by atoms with van der Waals surface area (Å²) in [6, 6.07) is 24.3. The molecule has 0 saturated heterocycles. The molecule has 5 rings (SSSR count). The van der Waals surface area contributed by atoms with Gasteiger partial charge in [0.05, 0.1) is 16.9 Å². The first-order valence-corrected chi connectivity index (χ1v) is 11.9. The Morgan fingerprint density at radius 1 is 1.00 bits per heavy atom. The molecular weight excluding hydrogens is 442 g/mol. The Bertz CT molecular complexity index is 1520. The van der Waals surface area contributed by atoms with Crippen molar-refractivity contribution in [2.24, 2.45) is 0 Å². The summed E-state index contributed by atoms with van der Waals surface area (Å²) in [5.74, 6) is -0.00762. The predicted octanol–water partition coefficient (Wildman–Crippen LogP) is 7.61. The third kappa shape index (κ3) is 4.55. The van der Waals surface area contributed by atoms with Gasteiger partial charge in [0.1, 0.15) is 0 Å². The lowest BCUT2D eigenvalue weighted by Crippen LogP contribution is -2.12. The van der Waals surface area contributed by atoms with Gasteiger partial charge in [0.25, 0.3) is 0 Å². The first-order valence-electron chi connectivity index (χ1n) is 11.5. The van der Waals surface area contributed by atoms with Crippen LogP contribution < -0.4 is 5.32 Å². The van der Waals surface area contributed by atoms with Crippen molar-refractivity contribution in [1.29, 1.82) is 0 Å². The number of carbonyl (C=O) groups is 1. The number of nitrogens with zero attached hydrogens (tertiary/aromatic N) is 1. The zero-order chi connectivity index (χ0) is 23.7. The van der Waals surface area contributed by atoms with Gasteiger partial charge in [-0.1, -0.05) is 53.6 Å². The van der Waals surface area contributed by atoms with Crippen LogP contribution in [-0.4, -0.2) is 15.9 Å². The molecule has 1 amide bonds. The number of fused-ring (bicyclic) bond motifs is 2. The number of hydrogen-bond donors (Lipinski definition) is 2. The van der Waals surface area contributed by atoms with Crippen LogP contribution in [0.1, 0.15) is 29.5 Å². The number of halogens is 1. The smallest absolute Gasteiger partial charge is 0.224 e. The largest absolute Gasteiger partial charge is 0.353 e. The van der Waals surface area contributed by atoms with E-state index >= 15 is 0 Å². The highest BCUT2D eigenvalue weighted by atomic mass is 35.5. The van der Waals surface area contributed by atoms with Crippen molar-refractivity contribution >= 4 is 45.0 Å². The summed E-state index contributed by atoms with van der Waals surface area (Å²) in [7, 11) is 0. The van der Waals surface area contributed by atoms with Gasteiger partial charge in [-0.05, 0) is 74.2 Å². The summed E-state index contributed by atoms with van der Waals surface area (Å²) in [5, 5.41) is 5.92. The van der Waals surface area contributed by atoms with Crippen LogP contribution in [0.15, 0.2) is 72.8 Å². The Kier molecular flexibility index (Phi) is 6.08. The molecule has 4 nitrogen and oxygen atoms in total. The number of aromatic amines is 1. The third-order valence-corrected chi connectivity index (χ3v) is 6.46. The van der Waals surface area contributed by atoms with Gasteiger partial charge in [0, 0.05) is 33.4 Å². The lowest BCUT2D eigenvalue weighted by Gasteiger charge is -2.09. The number of benzene rings is 3. The third-order valence-electron chi connectivity index (χ3n) is 6.22. The maximum Gasteiger partial charge on any atom is 0.224 e. The minimum Gasteiger partial charge on any atom is -0.353 e. The average molecular weight is 468 g/mol. The molecule has 2 N–H and O–H groups in total. The summed E-state index contributed by atoms with van der Waals surface area (Å²) < 4.78 is 0. The molecule has 0 spiro atoms. The molecule has 2 heterocycles. The van der Waals surface area contributed by atoms with Gasteiger partial charge in [-0.2, -0.15) is 0 Å². The number of H-pyrrole nitrogens is 1. The molecule has 0 unspecified atom stereocenters. The van der Waals surface area contributed by atoms with Gasteiger partial charge < -0.3 is 10.3 Å². The van der Waals surface area contributed by atoms with E-state index in [1.807, 2.05) is 37.3 Å².